The Balaban J connectivity index is 1.77. The summed E-state index contributed by atoms with van der Waals surface area (Å²) in [4.78, 5) is 35.6. The van der Waals surface area contributed by atoms with E-state index in [2.05, 4.69) is 18.7 Å². The molecule has 2 aromatic heterocycles. The molecular weight excluding hydrogens is 444 g/mol. The Kier molecular flexibility index (Phi) is 6.97. The lowest BCUT2D eigenvalue weighted by atomic mass is 9.91. The van der Waals surface area contributed by atoms with Gasteiger partial charge in [0.1, 0.15) is 15.8 Å². The van der Waals surface area contributed by atoms with Crippen molar-refractivity contribution in [2.75, 3.05) is 38.3 Å². The Hall–Kier alpha value is -2.23. The number of piperidine rings is 1. The summed E-state index contributed by atoms with van der Waals surface area (Å²) in [5.41, 5.74) is 0.858. The number of carbonyl (C=O) groups excluding carboxylic acids is 1. The Morgan fingerprint density at radius 1 is 1.25 bits per heavy atom. The lowest BCUT2D eigenvalue weighted by Crippen LogP contribution is -2.40. The van der Waals surface area contributed by atoms with E-state index >= 15 is 0 Å². The van der Waals surface area contributed by atoms with Crippen molar-refractivity contribution in [2.45, 2.75) is 26.7 Å². The zero-order valence-electron chi connectivity index (χ0n) is 18.6. The smallest absolute Gasteiger partial charge is 0.267 e. The minimum atomic E-state index is -0.180. The number of hydrogen-bond donors (Lipinski definition) is 0. The number of carbonyl (C=O) groups is 1. The van der Waals surface area contributed by atoms with Gasteiger partial charge in [0.15, 0.2) is 0 Å². The lowest BCUT2D eigenvalue weighted by Gasteiger charge is -2.36. The predicted octanol–water partition coefficient (Wildman–Crippen LogP) is 3.41. The molecule has 0 aliphatic carbocycles. The third-order valence-electron chi connectivity index (χ3n) is 5.80. The van der Waals surface area contributed by atoms with Gasteiger partial charge in [-0.2, -0.15) is 0 Å². The minimum Gasteiger partial charge on any atom is -0.385 e. The normalized spacial score (nSPS) is 23.0. The Morgan fingerprint density at radius 2 is 2.00 bits per heavy atom. The number of anilines is 1. The number of thioether (sulfide) groups is 1. The number of nitrogens with zero attached hydrogens (tertiary/aromatic N) is 4. The highest BCUT2D eigenvalue weighted by Gasteiger charge is 2.33. The molecule has 2 aliphatic rings. The van der Waals surface area contributed by atoms with E-state index < -0.39 is 0 Å². The molecule has 0 aromatic carbocycles. The molecule has 0 N–H and O–H groups in total. The van der Waals surface area contributed by atoms with Gasteiger partial charge in [-0.25, -0.2) is 4.98 Å². The van der Waals surface area contributed by atoms with Crippen molar-refractivity contribution in [3.05, 3.63) is 45.2 Å². The Labute approximate surface area is 197 Å². The van der Waals surface area contributed by atoms with Crippen molar-refractivity contribution in [1.82, 2.24) is 14.3 Å². The highest BCUT2D eigenvalue weighted by molar-refractivity contribution is 8.26. The van der Waals surface area contributed by atoms with E-state index in [1.807, 2.05) is 12.1 Å². The van der Waals surface area contributed by atoms with Gasteiger partial charge in [0.25, 0.3) is 11.5 Å². The summed E-state index contributed by atoms with van der Waals surface area (Å²) in [5, 5.41) is 0. The van der Waals surface area contributed by atoms with Crippen LogP contribution in [0.15, 0.2) is 34.1 Å². The number of hydrogen-bond acceptors (Lipinski definition) is 7. The van der Waals surface area contributed by atoms with Crippen molar-refractivity contribution in [2.24, 2.45) is 11.8 Å². The molecule has 2 aliphatic heterocycles. The number of aromatic nitrogens is 2. The van der Waals surface area contributed by atoms with Gasteiger partial charge in [0.2, 0.25) is 0 Å². The van der Waals surface area contributed by atoms with Crippen molar-refractivity contribution in [1.29, 1.82) is 0 Å². The van der Waals surface area contributed by atoms with E-state index in [-0.39, 0.29) is 11.5 Å². The van der Waals surface area contributed by atoms with Crippen molar-refractivity contribution < 1.29 is 9.53 Å². The highest BCUT2D eigenvalue weighted by atomic mass is 32.2. The molecule has 0 unspecified atom stereocenters. The van der Waals surface area contributed by atoms with E-state index in [0.717, 1.165) is 19.5 Å². The van der Waals surface area contributed by atoms with Crippen molar-refractivity contribution >= 4 is 51.7 Å². The molecule has 1 amide bonds. The number of amides is 1. The van der Waals surface area contributed by atoms with Crippen LogP contribution in [0, 0.1) is 11.8 Å². The molecule has 32 heavy (non-hydrogen) atoms. The molecule has 0 saturated carbocycles. The van der Waals surface area contributed by atoms with E-state index in [9.17, 15) is 9.59 Å². The van der Waals surface area contributed by atoms with Crippen LogP contribution >= 0.6 is 24.0 Å². The molecule has 2 aromatic rings. The van der Waals surface area contributed by atoms with Gasteiger partial charge in [-0.3, -0.25) is 18.9 Å². The molecular formula is C23H28N4O3S2. The van der Waals surface area contributed by atoms with Gasteiger partial charge in [0.05, 0.1) is 10.5 Å². The summed E-state index contributed by atoms with van der Waals surface area (Å²) in [7, 11) is 1.63. The van der Waals surface area contributed by atoms with Crippen molar-refractivity contribution in [3.63, 3.8) is 0 Å². The summed E-state index contributed by atoms with van der Waals surface area (Å²) < 4.78 is 7.13. The molecule has 4 heterocycles. The van der Waals surface area contributed by atoms with Crippen LogP contribution in [0.4, 0.5) is 5.82 Å². The maximum Gasteiger partial charge on any atom is 0.267 e. The standard InChI is InChI=1S/C23H28N4O3S2/c1-15-11-16(2)14-25(13-15)20-17(21(28)26-8-5-4-7-19(26)24-20)12-18-22(29)27(23(31)32-18)9-6-10-30-3/h4-5,7-8,12,15-16H,6,9-11,13-14H2,1-3H3/b18-12+/t15-,16+. The monoisotopic (exact) mass is 472 g/mol. The first kappa shape index (κ1) is 22.9. The molecule has 0 radical (unpaired) electrons. The number of methoxy groups -OCH3 is 1. The van der Waals surface area contributed by atoms with Crippen LogP contribution in [-0.2, 0) is 9.53 Å². The summed E-state index contributed by atoms with van der Waals surface area (Å²) >= 11 is 6.68. The van der Waals surface area contributed by atoms with Crippen LogP contribution < -0.4 is 10.5 Å². The molecule has 2 atom stereocenters. The van der Waals surface area contributed by atoms with Gasteiger partial charge < -0.3 is 9.64 Å². The topological polar surface area (TPSA) is 67.2 Å². The summed E-state index contributed by atoms with van der Waals surface area (Å²) in [5.74, 6) is 1.48. The Bertz CT molecular complexity index is 1120. The fraction of sp³-hybridized carbons (Fsp3) is 0.478. The quantitative estimate of drug-likeness (QED) is 0.363. The van der Waals surface area contributed by atoms with Crippen LogP contribution in [0.5, 0.6) is 0 Å². The fourth-order valence-corrected chi connectivity index (χ4v) is 5.78. The van der Waals surface area contributed by atoms with E-state index in [1.54, 1.807) is 30.3 Å². The maximum atomic E-state index is 13.5. The first-order chi connectivity index (χ1) is 15.4. The van der Waals surface area contributed by atoms with Gasteiger partial charge >= 0.3 is 0 Å². The number of ether oxygens (including phenoxy) is 1. The van der Waals surface area contributed by atoms with Gasteiger partial charge in [-0.15, -0.1) is 0 Å². The predicted molar refractivity (Wildman–Crippen MR) is 133 cm³/mol. The second-order valence-electron chi connectivity index (χ2n) is 8.61. The van der Waals surface area contributed by atoms with E-state index in [4.69, 9.17) is 21.9 Å². The van der Waals surface area contributed by atoms with Gasteiger partial charge in [-0.05, 0) is 42.9 Å². The molecule has 7 nitrogen and oxygen atoms in total. The van der Waals surface area contributed by atoms with Crippen LogP contribution in [0.2, 0.25) is 0 Å². The third-order valence-corrected chi connectivity index (χ3v) is 7.17. The molecule has 170 valence electrons. The minimum absolute atomic E-state index is 0.167. The number of thiocarbonyl (C=S) groups is 1. The Morgan fingerprint density at radius 3 is 2.72 bits per heavy atom. The van der Waals surface area contributed by atoms with Crippen LogP contribution in [0.3, 0.4) is 0 Å². The third kappa shape index (κ3) is 4.60. The zero-order chi connectivity index (χ0) is 22.8. The number of rotatable bonds is 6. The maximum absolute atomic E-state index is 13.5. The second kappa shape index (κ2) is 9.72. The summed E-state index contributed by atoms with van der Waals surface area (Å²) in [6.45, 7) is 7.17. The first-order valence-corrected chi connectivity index (χ1v) is 12.1. The number of pyridine rings is 1. The van der Waals surface area contributed by atoms with E-state index in [1.165, 1.54) is 16.2 Å². The molecule has 9 heteroatoms. The summed E-state index contributed by atoms with van der Waals surface area (Å²) in [6.07, 6.45) is 5.25. The van der Waals surface area contributed by atoms with Gasteiger partial charge in [0, 0.05) is 39.5 Å². The van der Waals surface area contributed by atoms with E-state index in [0.29, 0.717) is 57.7 Å². The number of fused-ring (bicyclic) bond motifs is 1. The molecule has 0 spiro atoms. The summed E-state index contributed by atoms with van der Waals surface area (Å²) in [6, 6.07) is 5.51. The average Bonchev–Trinajstić information content (AvgIpc) is 3.02. The van der Waals surface area contributed by atoms with Crippen molar-refractivity contribution in [3.8, 4) is 0 Å². The molecule has 0 bridgehead atoms. The first-order valence-electron chi connectivity index (χ1n) is 10.9. The van der Waals surface area contributed by atoms with Crippen LogP contribution in [-0.4, -0.2) is 57.9 Å². The van der Waals surface area contributed by atoms with Crippen LogP contribution in [0.25, 0.3) is 11.7 Å². The molecule has 4 rings (SSSR count). The highest BCUT2D eigenvalue weighted by Crippen LogP contribution is 2.34. The molecule has 2 fully saturated rings. The largest absolute Gasteiger partial charge is 0.385 e. The average molecular weight is 473 g/mol. The molecule has 2 saturated heterocycles. The zero-order valence-corrected chi connectivity index (χ0v) is 20.2. The van der Waals surface area contributed by atoms with Crippen LogP contribution in [0.1, 0.15) is 32.3 Å². The second-order valence-corrected chi connectivity index (χ2v) is 10.3. The SMILES string of the molecule is COCCCN1C(=O)/C(=C\c2c(N3C[C@H](C)C[C@H](C)C3)nc3ccccn3c2=O)SC1=S. The van der Waals surface area contributed by atoms with Gasteiger partial charge in [-0.1, -0.05) is 43.9 Å². The lowest BCUT2D eigenvalue weighted by molar-refractivity contribution is -0.122. The fourth-order valence-electron chi connectivity index (χ4n) is 4.49.